The summed E-state index contributed by atoms with van der Waals surface area (Å²) < 4.78 is 27.7. The van der Waals surface area contributed by atoms with Gasteiger partial charge in [-0.1, -0.05) is 12.1 Å². The monoisotopic (exact) mass is 317 g/mol. The van der Waals surface area contributed by atoms with Crippen LogP contribution in [-0.2, 0) is 0 Å². The molecule has 2 heterocycles. The summed E-state index contributed by atoms with van der Waals surface area (Å²) >= 11 is 0. The second kappa shape index (κ2) is 6.72. The van der Waals surface area contributed by atoms with Gasteiger partial charge in [0.25, 0.3) is 0 Å². The molecule has 5 heteroatoms. The molecule has 23 heavy (non-hydrogen) atoms. The van der Waals surface area contributed by atoms with Crippen molar-refractivity contribution >= 4 is 0 Å². The van der Waals surface area contributed by atoms with Gasteiger partial charge in [0.1, 0.15) is 11.6 Å². The molecule has 1 unspecified atom stereocenters. The first-order valence-electron chi connectivity index (χ1n) is 7.91. The van der Waals surface area contributed by atoms with Crippen molar-refractivity contribution in [2.75, 3.05) is 13.1 Å². The van der Waals surface area contributed by atoms with Crippen LogP contribution in [-0.4, -0.2) is 35.1 Å². The molecule has 0 aliphatic carbocycles. The zero-order chi connectivity index (χ0) is 16.4. The molecule has 0 saturated carbocycles. The van der Waals surface area contributed by atoms with Crippen LogP contribution < -0.4 is 5.32 Å². The van der Waals surface area contributed by atoms with Gasteiger partial charge < -0.3 is 5.32 Å². The summed E-state index contributed by atoms with van der Waals surface area (Å²) in [6.07, 6.45) is 1.60. The minimum absolute atomic E-state index is 0.225. The molecule has 3 rings (SSSR count). The average molecular weight is 317 g/mol. The number of hydrogen-bond donors (Lipinski definition) is 1. The van der Waals surface area contributed by atoms with Crippen LogP contribution in [0.2, 0.25) is 0 Å². The van der Waals surface area contributed by atoms with Gasteiger partial charge in [0.15, 0.2) is 0 Å². The highest BCUT2D eigenvalue weighted by Gasteiger charge is 2.33. The number of benzene rings is 1. The van der Waals surface area contributed by atoms with Crippen molar-refractivity contribution in [2.45, 2.75) is 32.0 Å². The largest absolute Gasteiger partial charge is 0.311 e. The van der Waals surface area contributed by atoms with Crippen LogP contribution in [0.5, 0.6) is 0 Å². The van der Waals surface area contributed by atoms with Crippen molar-refractivity contribution in [1.82, 2.24) is 15.2 Å². The van der Waals surface area contributed by atoms with E-state index in [1.54, 1.807) is 24.4 Å². The molecule has 1 aliphatic heterocycles. The van der Waals surface area contributed by atoms with E-state index >= 15 is 0 Å². The summed E-state index contributed by atoms with van der Waals surface area (Å²) in [5.41, 5.74) is 1.24. The van der Waals surface area contributed by atoms with E-state index in [0.29, 0.717) is 11.7 Å². The van der Waals surface area contributed by atoms with Crippen molar-refractivity contribution in [3.8, 4) is 0 Å². The molecule has 0 spiro atoms. The third-order valence-corrected chi connectivity index (χ3v) is 4.38. The second-order valence-corrected chi connectivity index (χ2v) is 6.18. The zero-order valence-corrected chi connectivity index (χ0v) is 13.3. The van der Waals surface area contributed by atoms with Crippen molar-refractivity contribution in [3.05, 3.63) is 65.5 Å². The van der Waals surface area contributed by atoms with Gasteiger partial charge in [-0.3, -0.25) is 9.88 Å². The molecule has 0 amide bonds. The maximum Gasteiger partial charge on any atom is 0.146 e. The predicted molar refractivity (Wildman–Crippen MR) is 86.1 cm³/mol. The summed E-state index contributed by atoms with van der Waals surface area (Å²) in [4.78, 5) is 6.52. The van der Waals surface area contributed by atoms with E-state index in [0.717, 1.165) is 18.7 Å². The first kappa shape index (κ1) is 16.0. The summed E-state index contributed by atoms with van der Waals surface area (Å²) in [6.45, 7) is 5.82. The third-order valence-electron chi connectivity index (χ3n) is 4.38. The van der Waals surface area contributed by atoms with E-state index in [1.807, 2.05) is 0 Å². The molecule has 1 aromatic heterocycles. The molecular formula is C18H21F2N3. The molecule has 1 saturated heterocycles. The van der Waals surface area contributed by atoms with Gasteiger partial charge in [-0.05, 0) is 43.7 Å². The van der Waals surface area contributed by atoms with E-state index in [-0.39, 0.29) is 23.7 Å². The van der Waals surface area contributed by atoms with Gasteiger partial charge in [0.2, 0.25) is 0 Å². The Morgan fingerprint density at radius 2 is 1.91 bits per heavy atom. The smallest absolute Gasteiger partial charge is 0.146 e. The molecule has 2 aromatic rings. The normalized spacial score (nSPS) is 23.7. The molecule has 1 aliphatic rings. The van der Waals surface area contributed by atoms with Crippen LogP contribution in [0.3, 0.4) is 0 Å². The Bertz CT molecular complexity index is 660. The number of hydrogen-bond acceptors (Lipinski definition) is 3. The molecule has 3 nitrogen and oxygen atoms in total. The number of pyridine rings is 1. The summed E-state index contributed by atoms with van der Waals surface area (Å²) in [7, 11) is 0. The van der Waals surface area contributed by atoms with Crippen LogP contribution >= 0.6 is 0 Å². The summed E-state index contributed by atoms with van der Waals surface area (Å²) in [6, 6.07) is 9.49. The maximum atomic E-state index is 14.4. The Morgan fingerprint density at radius 1 is 1.17 bits per heavy atom. The first-order chi connectivity index (χ1) is 11.1. The fourth-order valence-electron chi connectivity index (χ4n) is 3.16. The van der Waals surface area contributed by atoms with Gasteiger partial charge in [0, 0.05) is 31.4 Å². The minimum atomic E-state index is -0.333. The van der Waals surface area contributed by atoms with Gasteiger partial charge in [-0.25, -0.2) is 8.78 Å². The Kier molecular flexibility index (Phi) is 4.68. The van der Waals surface area contributed by atoms with Gasteiger partial charge >= 0.3 is 0 Å². The number of aromatic nitrogens is 1. The molecule has 0 bridgehead atoms. The number of nitrogens with zero attached hydrogens (tertiary/aromatic N) is 2. The Balaban J connectivity index is 2.06. The first-order valence-corrected chi connectivity index (χ1v) is 7.91. The van der Waals surface area contributed by atoms with E-state index in [4.69, 9.17) is 0 Å². The standard InChI is InChI=1S/C18H21F2N3/c1-12-11-23(13(2)10-22-12)18(14-5-7-15(19)8-6-14)17-16(20)4-3-9-21-17/h3-9,12-13,18,22H,10-11H2,1-2H3/t12-,13+,18?/m0/s1. The molecular weight excluding hydrogens is 296 g/mol. The minimum Gasteiger partial charge on any atom is -0.311 e. The van der Waals surface area contributed by atoms with E-state index in [1.165, 1.54) is 18.2 Å². The van der Waals surface area contributed by atoms with Gasteiger partial charge in [-0.15, -0.1) is 0 Å². The van der Waals surface area contributed by atoms with Gasteiger partial charge in [0.05, 0.1) is 11.7 Å². The van der Waals surface area contributed by atoms with Crippen LogP contribution in [0.15, 0.2) is 42.6 Å². The molecule has 0 radical (unpaired) electrons. The van der Waals surface area contributed by atoms with Crippen LogP contribution in [0, 0.1) is 11.6 Å². The lowest BCUT2D eigenvalue weighted by atomic mass is 9.97. The highest BCUT2D eigenvalue weighted by atomic mass is 19.1. The Labute approximate surface area is 135 Å². The fourth-order valence-corrected chi connectivity index (χ4v) is 3.16. The SMILES string of the molecule is C[C@@H]1CN[C@@H](C)CN1C(c1ccc(F)cc1)c1ncccc1F. The quantitative estimate of drug-likeness (QED) is 0.943. The lowest BCUT2D eigenvalue weighted by Gasteiger charge is -2.42. The topological polar surface area (TPSA) is 28.2 Å². The van der Waals surface area contributed by atoms with Crippen molar-refractivity contribution in [2.24, 2.45) is 0 Å². The van der Waals surface area contributed by atoms with Crippen molar-refractivity contribution < 1.29 is 8.78 Å². The predicted octanol–water partition coefficient (Wildman–Crippen LogP) is 3.13. The van der Waals surface area contributed by atoms with Gasteiger partial charge in [-0.2, -0.15) is 0 Å². The van der Waals surface area contributed by atoms with Crippen molar-refractivity contribution in [1.29, 1.82) is 0 Å². The number of halogens is 2. The summed E-state index contributed by atoms with van der Waals surface area (Å²) in [5, 5.41) is 3.43. The molecule has 1 aromatic carbocycles. The average Bonchev–Trinajstić information content (AvgIpc) is 2.54. The molecule has 1 N–H and O–H groups in total. The molecule has 122 valence electrons. The summed E-state index contributed by atoms with van der Waals surface area (Å²) in [5.74, 6) is -0.629. The highest BCUT2D eigenvalue weighted by Crippen LogP contribution is 2.31. The van der Waals surface area contributed by atoms with E-state index < -0.39 is 0 Å². The van der Waals surface area contributed by atoms with Crippen LogP contribution in [0.1, 0.15) is 31.1 Å². The zero-order valence-electron chi connectivity index (χ0n) is 13.3. The fraction of sp³-hybridized carbons (Fsp3) is 0.389. The molecule has 1 fully saturated rings. The Hall–Kier alpha value is -1.85. The lowest BCUT2D eigenvalue weighted by molar-refractivity contribution is 0.109. The van der Waals surface area contributed by atoms with Crippen LogP contribution in [0.4, 0.5) is 8.78 Å². The number of piperazine rings is 1. The number of nitrogens with one attached hydrogen (secondary N) is 1. The lowest BCUT2D eigenvalue weighted by Crippen LogP contribution is -2.55. The van der Waals surface area contributed by atoms with Crippen LogP contribution in [0.25, 0.3) is 0 Å². The van der Waals surface area contributed by atoms with E-state index in [9.17, 15) is 8.78 Å². The number of rotatable bonds is 3. The third kappa shape index (κ3) is 3.41. The Morgan fingerprint density at radius 3 is 2.61 bits per heavy atom. The van der Waals surface area contributed by atoms with E-state index in [2.05, 4.69) is 29.0 Å². The highest BCUT2D eigenvalue weighted by molar-refractivity contribution is 5.29. The maximum absolute atomic E-state index is 14.4. The second-order valence-electron chi connectivity index (χ2n) is 6.18. The molecule has 3 atom stereocenters. The van der Waals surface area contributed by atoms with Crippen molar-refractivity contribution in [3.63, 3.8) is 0 Å².